The van der Waals surface area contributed by atoms with Crippen molar-refractivity contribution in [1.29, 1.82) is 10.5 Å². The van der Waals surface area contributed by atoms with Crippen LogP contribution in [0, 0.1) is 34.5 Å². The maximum absolute atomic E-state index is 10.8. The van der Waals surface area contributed by atoms with E-state index in [1.54, 1.807) is 0 Å². The van der Waals surface area contributed by atoms with Gasteiger partial charge in [0.05, 0.1) is 12.1 Å². The Bertz CT molecular complexity index is 931. The molecule has 0 amide bonds. The lowest BCUT2D eigenvalue weighted by molar-refractivity contribution is 0.0360. The molecule has 5 atom stereocenters. The van der Waals surface area contributed by atoms with Crippen molar-refractivity contribution < 1.29 is 0 Å². The van der Waals surface area contributed by atoms with E-state index in [4.69, 9.17) is 0 Å². The molecule has 3 nitrogen and oxygen atoms in total. The fourth-order valence-corrected chi connectivity index (χ4v) is 7.07. The molecule has 0 bridgehead atoms. The highest BCUT2D eigenvalue weighted by molar-refractivity contribution is 5.60. The third-order valence-corrected chi connectivity index (χ3v) is 8.12. The molecule has 1 saturated heterocycles. The Morgan fingerprint density at radius 3 is 1.70 bits per heavy atom. The molecule has 1 aliphatic heterocycles. The Labute approximate surface area is 179 Å². The summed E-state index contributed by atoms with van der Waals surface area (Å²) in [4.78, 5) is 2.33. The first-order valence-corrected chi connectivity index (χ1v) is 11.5. The molecule has 0 radical (unpaired) electrons. The SMILES string of the molecule is N#C[C@]12CCCC[C@@H]1C(c1ccccc1)[C@@H]1CCCC[C@@]1(C#N)N2c1ccccc1. The van der Waals surface area contributed by atoms with Crippen molar-refractivity contribution in [2.45, 2.75) is 68.4 Å². The molecule has 5 rings (SSSR count). The quantitative estimate of drug-likeness (QED) is 0.609. The Morgan fingerprint density at radius 2 is 1.20 bits per heavy atom. The fraction of sp³-hybridized carbons (Fsp3) is 0.481. The van der Waals surface area contributed by atoms with Gasteiger partial charge in [0.1, 0.15) is 11.1 Å². The molecule has 3 fully saturated rings. The second kappa shape index (κ2) is 7.48. The summed E-state index contributed by atoms with van der Waals surface area (Å²) in [6.45, 7) is 0. The first-order chi connectivity index (χ1) is 14.8. The summed E-state index contributed by atoms with van der Waals surface area (Å²) in [5.41, 5.74) is 1.13. The molecule has 152 valence electrons. The Balaban J connectivity index is 1.78. The molecule has 0 aromatic heterocycles. The van der Waals surface area contributed by atoms with Crippen molar-refractivity contribution in [3.63, 3.8) is 0 Å². The number of nitrogens with zero attached hydrogens (tertiary/aromatic N) is 3. The van der Waals surface area contributed by atoms with Gasteiger partial charge < -0.3 is 4.90 Å². The predicted molar refractivity (Wildman–Crippen MR) is 119 cm³/mol. The maximum atomic E-state index is 10.8. The molecule has 0 N–H and O–H groups in total. The van der Waals surface area contributed by atoms with Crippen molar-refractivity contribution in [3.8, 4) is 12.1 Å². The van der Waals surface area contributed by atoms with Gasteiger partial charge in [-0.15, -0.1) is 0 Å². The van der Waals surface area contributed by atoms with Gasteiger partial charge in [-0.2, -0.15) is 10.5 Å². The van der Waals surface area contributed by atoms with Gasteiger partial charge in [-0.1, -0.05) is 74.2 Å². The number of hydrogen-bond donors (Lipinski definition) is 0. The van der Waals surface area contributed by atoms with Crippen LogP contribution in [0.2, 0.25) is 0 Å². The zero-order chi connectivity index (χ0) is 20.6. The Hall–Kier alpha value is -2.78. The lowest BCUT2D eigenvalue weighted by Gasteiger charge is -2.65. The van der Waals surface area contributed by atoms with Crippen LogP contribution in [0.4, 0.5) is 5.69 Å². The van der Waals surface area contributed by atoms with Crippen LogP contribution in [0.15, 0.2) is 60.7 Å². The van der Waals surface area contributed by atoms with E-state index in [9.17, 15) is 10.5 Å². The number of anilines is 1. The van der Waals surface area contributed by atoms with Gasteiger partial charge in [0, 0.05) is 17.5 Å². The van der Waals surface area contributed by atoms with Crippen LogP contribution in [-0.2, 0) is 0 Å². The van der Waals surface area contributed by atoms with Crippen molar-refractivity contribution in [2.75, 3.05) is 4.90 Å². The van der Waals surface area contributed by atoms with E-state index in [0.29, 0.717) is 0 Å². The summed E-state index contributed by atoms with van der Waals surface area (Å²) >= 11 is 0. The van der Waals surface area contributed by atoms with E-state index in [1.165, 1.54) is 18.4 Å². The summed E-state index contributed by atoms with van der Waals surface area (Å²) in [7, 11) is 0. The lowest BCUT2D eigenvalue weighted by Crippen LogP contribution is -2.73. The van der Waals surface area contributed by atoms with Crippen molar-refractivity contribution in [2.24, 2.45) is 11.8 Å². The number of para-hydroxylation sites is 1. The number of nitriles is 2. The van der Waals surface area contributed by atoms with Crippen LogP contribution in [0.25, 0.3) is 0 Å². The van der Waals surface area contributed by atoms with Gasteiger partial charge in [-0.3, -0.25) is 0 Å². The average Bonchev–Trinajstić information content (AvgIpc) is 2.83. The third kappa shape index (κ3) is 2.61. The molecule has 1 heterocycles. The first kappa shape index (κ1) is 19.2. The van der Waals surface area contributed by atoms with E-state index < -0.39 is 11.1 Å². The van der Waals surface area contributed by atoms with Crippen LogP contribution >= 0.6 is 0 Å². The van der Waals surface area contributed by atoms with Crippen molar-refractivity contribution >= 4 is 5.69 Å². The highest BCUT2D eigenvalue weighted by Gasteiger charge is 2.65. The molecule has 3 aliphatic rings. The highest BCUT2D eigenvalue weighted by Crippen LogP contribution is 2.62. The molecular weight excluding hydrogens is 366 g/mol. The average molecular weight is 396 g/mol. The third-order valence-electron chi connectivity index (χ3n) is 8.12. The van der Waals surface area contributed by atoms with E-state index >= 15 is 0 Å². The zero-order valence-corrected chi connectivity index (χ0v) is 17.5. The minimum Gasteiger partial charge on any atom is -0.334 e. The standard InChI is InChI=1S/C27H29N3/c28-19-26-17-9-7-15-23(26)25(21-11-3-1-4-12-21)24-16-8-10-18-27(24,20-29)30(26)22-13-5-2-6-14-22/h1-6,11-14,23-25H,7-10,15-18H2/t23-,24+,25?,26-,27+. The Kier molecular flexibility index (Phi) is 4.79. The van der Waals surface area contributed by atoms with Crippen molar-refractivity contribution in [3.05, 3.63) is 66.2 Å². The minimum atomic E-state index is -0.621. The molecule has 2 aliphatic carbocycles. The topological polar surface area (TPSA) is 50.8 Å². The lowest BCUT2D eigenvalue weighted by atomic mass is 9.51. The summed E-state index contributed by atoms with van der Waals surface area (Å²) < 4.78 is 0. The smallest absolute Gasteiger partial charge is 0.132 e. The summed E-state index contributed by atoms with van der Waals surface area (Å²) in [5.74, 6) is 0.776. The Morgan fingerprint density at radius 1 is 0.700 bits per heavy atom. The van der Waals surface area contributed by atoms with E-state index in [-0.39, 0.29) is 17.8 Å². The van der Waals surface area contributed by atoms with Crippen LogP contribution in [-0.4, -0.2) is 11.1 Å². The highest BCUT2D eigenvalue weighted by atomic mass is 15.3. The van der Waals surface area contributed by atoms with E-state index in [1.807, 2.05) is 18.2 Å². The number of piperidine rings is 1. The number of fused-ring (bicyclic) bond motifs is 2. The van der Waals surface area contributed by atoms with Crippen LogP contribution in [0.1, 0.15) is 62.8 Å². The van der Waals surface area contributed by atoms with Gasteiger partial charge in [0.2, 0.25) is 0 Å². The second-order valence-corrected chi connectivity index (χ2v) is 9.38. The number of hydrogen-bond acceptors (Lipinski definition) is 3. The molecule has 2 aromatic carbocycles. The summed E-state index contributed by atoms with van der Waals surface area (Å²) in [6, 6.07) is 26.8. The predicted octanol–water partition coefficient (Wildman–Crippen LogP) is 6.20. The number of benzene rings is 2. The zero-order valence-electron chi connectivity index (χ0n) is 17.5. The molecule has 2 aromatic rings. The molecule has 1 unspecified atom stereocenters. The van der Waals surface area contributed by atoms with Gasteiger partial charge in [-0.25, -0.2) is 0 Å². The molecule has 3 heteroatoms. The minimum absolute atomic E-state index is 0.253. The first-order valence-electron chi connectivity index (χ1n) is 11.5. The maximum Gasteiger partial charge on any atom is 0.132 e. The molecule has 0 spiro atoms. The largest absolute Gasteiger partial charge is 0.334 e. The summed E-state index contributed by atoms with van der Waals surface area (Å²) in [6.07, 6.45) is 8.29. The van der Waals surface area contributed by atoms with Gasteiger partial charge in [0.15, 0.2) is 0 Å². The van der Waals surface area contributed by atoms with Crippen LogP contribution < -0.4 is 4.90 Å². The molecule has 30 heavy (non-hydrogen) atoms. The van der Waals surface area contributed by atoms with E-state index in [0.717, 1.165) is 44.2 Å². The summed E-state index contributed by atoms with van der Waals surface area (Å²) in [5, 5.41) is 21.5. The molecule has 2 saturated carbocycles. The van der Waals surface area contributed by atoms with Gasteiger partial charge >= 0.3 is 0 Å². The second-order valence-electron chi connectivity index (χ2n) is 9.38. The van der Waals surface area contributed by atoms with Crippen LogP contribution in [0.5, 0.6) is 0 Å². The van der Waals surface area contributed by atoms with Crippen molar-refractivity contribution in [1.82, 2.24) is 0 Å². The number of rotatable bonds is 2. The van der Waals surface area contributed by atoms with Gasteiger partial charge in [-0.05, 0) is 49.3 Å². The normalized spacial score (nSPS) is 35.4. The van der Waals surface area contributed by atoms with Crippen LogP contribution in [0.3, 0.4) is 0 Å². The fourth-order valence-electron chi connectivity index (χ4n) is 7.07. The van der Waals surface area contributed by atoms with E-state index in [2.05, 4.69) is 59.5 Å². The molecular formula is C27H29N3. The monoisotopic (exact) mass is 395 g/mol. The van der Waals surface area contributed by atoms with Gasteiger partial charge in [0.25, 0.3) is 0 Å².